The largest absolute Gasteiger partial charge is 0.334 e. The Hall–Kier alpha value is -2.30. The highest BCUT2D eigenvalue weighted by atomic mass is 35.5. The third-order valence-electron chi connectivity index (χ3n) is 4.41. The second-order valence-electron chi connectivity index (χ2n) is 6.02. The number of benzene rings is 2. The fourth-order valence-corrected chi connectivity index (χ4v) is 3.43. The second-order valence-corrected chi connectivity index (χ2v) is 6.90. The molecule has 0 spiro atoms. The minimum atomic E-state index is 0.000519. The van der Waals surface area contributed by atoms with Crippen LogP contribution in [0.5, 0.6) is 0 Å². The fraction of sp³-hybridized carbons (Fsp3) is 0.158. The molecular weight excluding hydrogens is 357 g/mol. The second kappa shape index (κ2) is 6.54. The number of aromatic amines is 1. The Balaban J connectivity index is 1.63. The first kappa shape index (κ1) is 16.2. The number of carbonyl (C=O) groups is 1. The number of fused-ring (bicyclic) bond motifs is 1. The van der Waals surface area contributed by atoms with Gasteiger partial charge in [0.25, 0.3) is 5.91 Å². The zero-order chi connectivity index (χ0) is 17.4. The van der Waals surface area contributed by atoms with Crippen molar-refractivity contribution in [2.24, 2.45) is 0 Å². The van der Waals surface area contributed by atoms with Crippen molar-refractivity contribution in [1.82, 2.24) is 15.1 Å². The molecule has 1 N–H and O–H groups in total. The van der Waals surface area contributed by atoms with Gasteiger partial charge in [0.15, 0.2) is 0 Å². The molecule has 25 heavy (non-hydrogen) atoms. The van der Waals surface area contributed by atoms with Gasteiger partial charge in [0.2, 0.25) is 0 Å². The molecule has 0 saturated carbocycles. The summed E-state index contributed by atoms with van der Waals surface area (Å²) in [4.78, 5) is 14.6. The van der Waals surface area contributed by atoms with E-state index in [1.807, 2.05) is 29.2 Å². The van der Waals surface area contributed by atoms with E-state index < -0.39 is 0 Å². The number of hydrogen-bond donors (Lipinski definition) is 1. The summed E-state index contributed by atoms with van der Waals surface area (Å²) in [6.45, 7) is 1.18. The van der Waals surface area contributed by atoms with Crippen LogP contribution in [-0.4, -0.2) is 27.5 Å². The van der Waals surface area contributed by atoms with Crippen molar-refractivity contribution in [3.05, 3.63) is 75.4 Å². The highest BCUT2D eigenvalue weighted by Crippen LogP contribution is 2.30. The molecule has 0 fully saturated rings. The Bertz CT molecular complexity index is 934. The number of nitrogens with zero attached hydrogens (tertiary/aromatic N) is 2. The molecule has 0 aliphatic carbocycles. The van der Waals surface area contributed by atoms with E-state index in [1.165, 1.54) is 0 Å². The summed E-state index contributed by atoms with van der Waals surface area (Å²) in [6, 6.07) is 14.6. The van der Waals surface area contributed by atoms with Crippen LogP contribution in [0.1, 0.15) is 21.6 Å². The average Bonchev–Trinajstić information content (AvgIpc) is 3.05. The monoisotopic (exact) mass is 371 g/mol. The summed E-state index contributed by atoms with van der Waals surface area (Å²) in [6.07, 6.45) is 0.752. The molecule has 0 saturated heterocycles. The first-order chi connectivity index (χ1) is 12.1. The summed E-state index contributed by atoms with van der Waals surface area (Å²) in [7, 11) is 0. The molecule has 3 aromatic rings. The summed E-state index contributed by atoms with van der Waals surface area (Å²) in [5.41, 5.74) is 4.57. The first-order valence-electron chi connectivity index (χ1n) is 7.99. The molecule has 1 aliphatic rings. The number of aromatic nitrogens is 2. The van der Waals surface area contributed by atoms with Crippen molar-refractivity contribution >= 4 is 29.1 Å². The Labute approximate surface area is 155 Å². The molecule has 4 rings (SSSR count). The van der Waals surface area contributed by atoms with Crippen molar-refractivity contribution in [3.8, 4) is 11.3 Å². The zero-order valence-corrected chi connectivity index (χ0v) is 14.8. The van der Waals surface area contributed by atoms with E-state index in [2.05, 4.69) is 10.2 Å². The van der Waals surface area contributed by atoms with E-state index >= 15 is 0 Å². The van der Waals surface area contributed by atoms with Crippen LogP contribution in [0.25, 0.3) is 11.3 Å². The molecule has 0 unspecified atom stereocenters. The first-order valence-corrected chi connectivity index (χ1v) is 8.74. The number of nitrogens with one attached hydrogen (secondary N) is 1. The van der Waals surface area contributed by atoms with Crippen molar-refractivity contribution < 1.29 is 4.79 Å². The molecule has 0 atom stereocenters. The molecule has 1 amide bonds. The van der Waals surface area contributed by atoms with Crippen LogP contribution in [0.4, 0.5) is 0 Å². The van der Waals surface area contributed by atoms with Crippen molar-refractivity contribution in [2.75, 3.05) is 6.54 Å². The van der Waals surface area contributed by atoms with Gasteiger partial charge in [-0.1, -0.05) is 35.3 Å². The van der Waals surface area contributed by atoms with Gasteiger partial charge < -0.3 is 4.90 Å². The van der Waals surface area contributed by atoms with Gasteiger partial charge in [-0.25, -0.2) is 0 Å². The van der Waals surface area contributed by atoms with Crippen LogP contribution >= 0.6 is 23.2 Å². The van der Waals surface area contributed by atoms with Gasteiger partial charge in [-0.2, -0.15) is 5.10 Å². The van der Waals surface area contributed by atoms with Gasteiger partial charge in [0, 0.05) is 51.9 Å². The summed E-state index contributed by atoms with van der Waals surface area (Å²) < 4.78 is 0. The Kier molecular flexibility index (Phi) is 4.24. The number of hydrogen-bond acceptors (Lipinski definition) is 2. The Morgan fingerprint density at radius 3 is 2.64 bits per heavy atom. The van der Waals surface area contributed by atoms with Gasteiger partial charge in [-0.15, -0.1) is 0 Å². The molecule has 0 bridgehead atoms. The fourth-order valence-electron chi connectivity index (χ4n) is 3.12. The average molecular weight is 372 g/mol. The van der Waals surface area contributed by atoms with E-state index in [4.69, 9.17) is 23.2 Å². The minimum absolute atomic E-state index is 0.000519. The quantitative estimate of drug-likeness (QED) is 0.716. The number of H-pyrrole nitrogens is 1. The third kappa shape index (κ3) is 3.15. The molecule has 6 heteroatoms. The molecule has 0 radical (unpaired) electrons. The van der Waals surface area contributed by atoms with E-state index in [9.17, 15) is 4.79 Å². The molecule has 1 aliphatic heterocycles. The van der Waals surface area contributed by atoms with Crippen molar-refractivity contribution in [3.63, 3.8) is 0 Å². The van der Waals surface area contributed by atoms with E-state index in [-0.39, 0.29) is 5.91 Å². The summed E-state index contributed by atoms with van der Waals surface area (Å²) >= 11 is 12.0. The number of halogens is 2. The smallest absolute Gasteiger partial charge is 0.254 e. The number of rotatable bonds is 2. The predicted octanol–water partition coefficient (Wildman–Crippen LogP) is 4.58. The molecule has 1 aromatic heterocycles. The van der Waals surface area contributed by atoms with Crippen LogP contribution < -0.4 is 0 Å². The lowest BCUT2D eigenvalue weighted by atomic mass is 10.0. The molecule has 2 aromatic carbocycles. The van der Waals surface area contributed by atoms with Crippen molar-refractivity contribution in [2.45, 2.75) is 13.0 Å². The van der Waals surface area contributed by atoms with Gasteiger partial charge in [-0.05, 0) is 36.4 Å². The summed E-state index contributed by atoms with van der Waals surface area (Å²) in [5.74, 6) is 0.000519. The maximum absolute atomic E-state index is 12.8. The van der Waals surface area contributed by atoms with Gasteiger partial charge in [0.1, 0.15) is 0 Å². The SMILES string of the molecule is O=C(c1ccc(Cl)cc1)N1CCc2[nH]nc(-c3cccc(Cl)c3)c2C1. The maximum Gasteiger partial charge on any atom is 0.254 e. The van der Waals surface area contributed by atoms with E-state index in [0.717, 1.165) is 28.9 Å². The lowest BCUT2D eigenvalue weighted by Gasteiger charge is -2.27. The van der Waals surface area contributed by atoms with Crippen LogP contribution in [0.15, 0.2) is 48.5 Å². The molecule has 126 valence electrons. The standard InChI is InChI=1S/C19H15Cl2N3O/c20-14-6-4-12(5-7-14)19(25)24-9-8-17-16(11-24)18(23-22-17)13-2-1-3-15(21)10-13/h1-7,10H,8-9,11H2,(H,22,23). The molecule has 2 heterocycles. The maximum atomic E-state index is 12.8. The summed E-state index contributed by atoms with van der Waals surface area (Å²) in [5, 5.41) is 8.84. The normalized spacial score (nSPS) is 13.6. The topological polar surface area (TPSA) is 49.0 Å². The van der Waals surface area contributed by atoms with Crippen LogP contribution in [0.2, 0.25) is 10.0 Å². The van der Waals surface area contributed by atoms with Crippen LogP contribution in [0.3, 0.4) is 0 Å². The van der Waals surface area contributed by atoms with E-state index in [0.29, 0.717) is 28.7 Å². The predicted molar refractivity (Wildman–Crippen MR) is 98.9 cm³/mol. The van der Waals surface area contributed by atoms with E-state index in [1.54, 1.807) is 24.3 Å². The molecule has 4 nitrogen and oxygen atoms in total. The van der Waals surface area contributed by atoms with Crippen LogP contribution in [0, 0.1) is 0 Å². The van der Waals surface area contributed by atoms with Gasteiger partial charge in [0.05, 0.1) is 5.69 Å². The third-order valence-corrected chi connectivity index (χ3v) is 4.90. The Morgan fingerprint density at radius 2 is 1.88 bits per heavy atom. The Morgan fingerprint density at radius 1 is 1.08 bits per heavy atom. The molecular formula is C19H15Cl2N3O. The lowest BCUT2D eigenvalue weighted by Crippen LogP contribution is -2.35. The van der Waals surface area contributed by atoms with Gasteiger partial charge in [-0.3, -0.25) is 9.89 Å². The highest BCUT2D eigenvalue weighted by molar-refractivity contribution is 6.31. The number of carbonyl (C=O) groups excluding carboxylic acids is 1. The zero-order valence-electron chi connectivity index (χ0n) is 13.3. The highest BCUT2D eigenvalue weighted by Gasteiger charge is 2.26. The minimum Gasteiger partial charge on any atom is -0.334 e. The van der Waals surface area contributed by atoms with Gasteiger partial charge >= 0.3 is 0 Å². The number of amides is 1. The van der Waals surface area contributed by atoms with Crippen molar-refractivity contribution in [1.29, 1.82) is 0 Å². The van der Waals surface area contributed by atoms with Crippen LogP contribution in [-0.2, 0) is 13.0 Å². The lowest BCUT2D eigenvalue weighted by molar-refractivity contribution is 0.0734.